The number of halogens is 2. The molecule has 0 unspecified atom stereocenters. The first-order valence-electron chi connectivity index (χ1n) is 4.31. The fourth-order valence-corrected chi connectivity index (χ4v) is 2.10. The van der Waals surface area contributed by atoms with Crippen LogP contribution in [0.3, 0.4) is 0 Å². The number of hydrogen-bond acceptors (Lipinski definition) is 3. The summed E-state index contributed by atoms with van der Waals surface area (Å²) in [7, 11) is 0. The van der Waals surface area contributed by atoms with Crippen LogP contribution < -0.4 is 5.73 Å². The zero-order chi connectivity index (χ0) is 10.8. The highest BCUT2D eigenvalue weighted by Crippen LogP contribution is 2.28. The van der Waals surface area contributed by atoms with Crippen LogP contribution in [-0.2, 0) is 6.54 Å². The summed E-state index contributed by atoms with van der Waals surface area (Å²) in [5, 5.41) is 2.02. The SMILES string of the molecule is NCc1csc(-c2c(F)cccc2F)n1. The van der Waals surface area contributed by atoms with Gasteiger partial charge in [-0.3, -0.25) is 0 Å². The molecule has 0 amide bonds. The van der Waals surface area contributed by atoms with E-state index >= 15 is 0 Å². The normalized spacial score (nSPS) is 10.6. The van der Waals surface area contributed by atoms with Crippen molar-refractivity contribution in [3.63, 3.8) is 0 Å². The molecular weight excluding hydrogens is 218 g/mol. The molecule has 0 aliphatic rings. The Labute approximate surface area is 89.4 Å². The molecular formula is C10H8F2N2S. The quantitative estimate of drug-likeness (QED) is 0.854. The van der Waals surface area contributed by atoms with Gasteiger partial charge in [0.1, 0.15) is 16.6 Å². The Morgan fingerprint density at radius 3 is 2.47 bits per heavy atom. The Kier molecular flexibility index (Phi) is 2.75. The Balaban J connectivity index is 2.53. The van der Waals surface area contributed by atoms with Gasteiger partial charge >= 0.3 is 0 Å². The largest absolute Gasteiger partial charge is 0.325 e. The molecule has 2 aromatic rings. The standard InChI is InChI=1S/C10H8F2N2S/c11-7-2-1-3-8(12)9(7)10-14-6(4-13)5-15-10/h1-3,5H,4,13H2. The minimum absolute atomic E-state index is 0.0813. The van der Waals surface area contributed by atoms with E-state index in [1.54, 1.807) is 5.38 Å². The molecule has 1 aromatic heterocycles. The van der Waals surface area contributed by atoms with Crippen LogP contribution in [0.15, 0.2) is 23.6 Å². The van der Waals surface area contributed by atoms with Gasteiger partial charge in [-0.05, 0) is 12.1 Å². The molecule has 0 atom stereocenters. The van der Waals surface area contributed by atoms with Crippen LogP contribution in [0.25, 0.3) is 10.6 Å². The minimum atomic E-state index is -0.604. The summed E-state index contributed by atoms with van der Waals surface area (Å²) in [6.45, 7) is 0.270. The zero-order valence-corrected chi connectivity index (χ0v) is 8.52. The van der Waals surface area contributed by atoms with Crippen LogP contribution in [0.4, 0.5) is 8.78 Å². The van der Waals surface area contributed by atoms with Crippen molar-refractivity contribution < 1.29 is 8.78 Å². The maximum absolute atomic E-state index is 13.3. The van der Waals surface area contributed by atoms with E-state index in [1.807, 2.05) is 0 Å². The summed E-state index contributed by atoms with van der Waals surface area (Å²) in [4.78, 5) is 4.03. The van der Waals surface area contributed by atoms with Crippen molar-refractivity contribution in [1.82, 2.24) is 4.98 Å². The van der Waals surface area contributed by atoms with Crippen molar-refractivity contribution in [2.75, 3.05) is 0 Å². The van der Waals surface area contributed by atoms with Crippen LogP contribution >= 0.6 is 11.3 Å². The Bertz CT molecular complexity index is 462. The first-order chi connectivity index (χ1) is 7.22. The van der Waals surface area contributed by atoms with Gasteiger partial charge in [-0.15, -0.1) is 11.3 Å². The van der Waals surface area contributed by atoms with Gasteiger partial charge in [-0.2, -0.15) is 0 Å². The van der Waals surface area contributed by atoms with Gasteiger partial charge < -0.3 is 5.73 Å². The summed E-state index contributed by atoms with van der Waals surface area (Å²) >= 11 is 1.18. The molecule has 0 bridgehead atoms. The first-order valence-corrected chi connectivity index (χ1v) is 5.19. The van der Waals surface area contributed by atoms with Gasteiger partial charge in [0.25, 0.3) is 0 Å². The van der Waals surface area contributed by atoms with Crippen molar-refractivity contribution in [2.24, 2.45) is 5.73 Å². The number of benzene rings is 1. The predicted octanol–water partition coefficient (Wildman–Crippen LogP) is 2.55. The van der Waals surface area contributed by atoms with Crippen molar-refractivity contribution in [3.05, 3.63) is 40.9 Å². The van der Waals surface area contributed by atoms with Crippen molar-refractivity contribution in [1.29, 1.82) is 0 Å². The van der Waals surface area contributed by atoms with E-state index in [1.165, 1.54) is 29.5 Å². The third-order valence-corrected chi connectivity index (χ3v) is 2.85. The maximum Gasteiger partial charge on any atom is 0.136 e. The van der Waals surface area contributed by atoms with Crippen molar-refractivity contribution in [2.45, 2.75) is 6.54 Å². The monoisotopic (exact) mass is 226 g/mol. The molecule has 2 rings (SSSR count). The van der Waals surface area contributed by atoms with E-state index in [2.05, 4.69) is 4.98 Å². The third-order valence-electron chi connectivity index (χ3n) is 1.94. The predicted molar refractivity (Wildman–Crippen MR) is 55.4 cm³/mol. The van der Waals surface area contributed by atoms with E-state index in [0.717, 1.165) is 0 Å². The molecule has 1 aromatic carbocycles. The average Bonchev–Trinajstić information content (AvgIpc) is 2.66. The second-order valence-electron chi connectivity index (χ2n) is 2.94. The second kappa shape index (κ2) is 4.04. The van der Waals surface area contributed by atoms with E-state index in [0.29, 0.717) is 10.7 Å². The Hall–Kier alpha value is -1.33. The summed E-state index contributed by atoms with van der Waals surface area (Å²) in [5.74, 6) is -1.21. The highest BCUT2D eigenvalue weighted by Gasteiger charge is 2.13. The highest BCUT2D eigenvalue weighted by molar-refractivity contribution is 7.13. The van der Waals surface area contributed by atoms with Crippen LogP contribution in [0.1, 0.15) is 5.69 Å². The van der Waals surface area contributed by atoms with Crippen LogP contribution in [0.2, 0.25) is 0 Å². The van der Waals surface area contributed by atoms with Crippen molar-refractivity contribution >= 4 is 11.3 Å². The number of nitrogens with zero attached hydrogens (tertiary/aromatic N) is 1. The van der Waals surface area contributed by atoms with Gasteiger partial charge in [0.15, 0.2) is 0 Å². The van der Waals surface area contributed by atoms with Gasteiger partial charge in [0, 0.05) is 11.9 Å². The third kappa shape index (κ3) is 1.88. The molecule has 1 heterocycles. The zero-order valence-electron chi connectivity index (χ0n) is 7.71. The summed E-state index contributed by atoms with van der Waals surface area (Å²) in [6, 6.07) is 3.75. The number of hydrogen-bond donors (Lipinski definition) is 1. The van der Waals surface area contributed by atoms with E-state index in [4.69, 9.17) is 5.73 Å². The average molecular weight is 226 g/mol. The first kappa shape index (κ1) is 10.2. The molecule has 0 aliphatic carbocycles. The van der Waals surface area contributed by atoms with Crippen LogP contribution in [0, 0.1) is 11.6 Å². The molecule has 0 saturated heterocycles. The highest BCUT2D eigenvalue weighted by atomic mass is 32.1. The van der Waals surface area contributed by atoms with Crippen molar-refractivity contribution in [3.8, 4) is 10.6 Å². The molecule has 78 valence electrons. The topological polar surface area (TPSA) is 38.9 Å². The molecule has 2 N–H and O–H groups in total. The molecule has 0 radical (unpaired) electrons. The van der Waals surface area contributed by atoms with Gasteiger partial charge in [-0.1, -0.05) is 6.07 Å². The summed E-state index contributed by atoms with van der Waals surface area (Å²) < 4.78 is 26.7. The molecule has 5 heteroatoms. The summed E-state index contributed by atoms with van der Waals surface area (Å²) in [6.07, 6.45) is 0. The number of rotatable bonds is 2. The molecule has 15 heavy (non-hydrogen) atoms. The lowest BCUT2D eigenvalue weighted by Gasteiger charge is -1.99. The lowest BCUT2D eigenvalue weighted by Crippen LogP contribution is -1.96. The lowest BCUT2D eigenvalue weighted by molar-refractivity contribution is 0.589. The van der Waals surface area contributed by atoms with Gasteiger partial charge in [-0.25, -0.2) is 13.8 Å². The van der Waals surface area contributed by atoms with Crippen LogP contribution in [0.5, 0.6) is 0 Å². The molecule has 0 aliphatic heterocycles. The number of aromatic nitrogens is 1. The fourth-order valence-electron chi connectivity index (χ4n) is 1.22. The summed E-state index contributed by atoms with van der Waals surface area (Å²) in [5.41, 5.74) is 5.93. The van der Waals surface area contributed by atoms with E-state index in [9.17, 15) is 8.78 Å². The van der Waals surface area contributed by atoms with Gasteiger partial charge in [0.05, 0.1) is 11.3 Å². The smallest absolute Gasteiger partial charge is 0.136 e. The maximum atomic E-state index is 13.3. The van der Waals surface area contributed by atoms with Gasteiger partial charge in [0.2, 0.25) is 0 Å². The molecule has 0 fully saturated rings. The molecule has 0 spiro atoms. The fraction of sp³-hybridized carbons (Fsp3) is 0.100. The van der Waals surface area contributed by atoms with E-state index < -0.39 is 11.6 Å². The minimum Gasteiger partial charge on any atom is -0.325 e. The number of nitrogens with two attached hydrogens (primary N) is 1. The Morgan fingerprint density at radius 1 is 1.27 bits per heavy atom. The van der Waals surface area contributed by atoms with E-state index in [-0.39, 0.29) is 12.1 Å². The molecule has 0 saturated carbocycles. The second-order valence-corrected chi connectivity index (χ2v) is 3.80. The molecule has 2 nitrogen and oxygen atoms in total. The number of thiazole rings is 1. The van der Waals surface area contributed by atoms with Crippen LogP contribution in [-0.4, -0.2) is 4.98 Å². The Morgan fingerprint density at radius 2 is 1.93 bits per heavy atom. The lowest BCUT2D eigenvalue weighted by atomic mass is 10.2.